The molecule has 4 heteroatoms. The van der Waals surface area contributed by atoms with Crippen molar-refractivity contribution in [2.24, 2.45) is 5.41 Å². The van der Waals surface area contributed by atoms with Gasteiger partial charge in [-0.15, -0.1) is 0 Å². The van der Waals surface area contributed by atoms with Crippen molar-refractivity contribution in [1.29, 1.82) is 10.5 Å². The molecule has 37 heavy (non-hydrogen) atoms. The number of nitrogens with zero attached hydrogens (tertiary/aromatic N) is 2. The van der Waals surface area contributed by atoms with E-state index in [0.29, 0.717) is 30.1 Å². The summed E-state index contributed by atoms with van der Waals surface area (Å²) in [7, 11) is 0. The summed E-state index contributed by atoms with van der Waals surface area (Å²) in [4.78, 5) is 0. The van der Waals surface area contributed by atoms with Crippen LogP contribution in [-0.4, -0.2) is 13.2 Å². The number of benzene rings is 4. The minimum atomic E-state index is -0.803. The Morgan fingerprint density at radius 2 is 1.14 bits per heavy atom. The third-order valence-corrected chi connectivity index (χ3v) is 6.85. The van der Waals surface area contributed by atoms with Gasteiger partial charge in [0.15, 0.2) is 0 Å². The van der Waals surface area contributed by atoms with Gasteiger partial charge >= 0.3 is 0 Å². The maximum Gasteiger partial charge on any atom is 0.143 e. The van der Waals surface area contributed by atoms with Crippen LogP contribution in [0.25, 0.3) is 0 Å². The summed E-state index contributed by atoms with van der Waals surface area (Å²) in [6.45, 7) is 5.10. The van der Waals surface area contributed by atoms with Crippen molar-refractivity contribution in [2.45, 2.75) is 25.9 Å². The van der Waals surface area contributed by atoms with E-state index in [9.17, 15) is 10.5 Å². The van der Waals surface area contributed by atoms with Gasteiger partial charge in [-0.3, -0.25) is 0 Å². The quantitative estimate of drug-likeness (QED) is 0.222. The molecule has 4 rings (SSSR count). The zero-order valence-electron chi connectivity index (χ0n) is 21.2. The number of rotatable bonds is 10. The molecule has 0 heterocycles. The Hall–Kier alpha value is -4.38. The van der Waals surface area contributed by atoms with Crippen molar-refractivity contribution >= 4 is 0 Å². The van der Waals surface area contributed by atoms with E-state index >= 15 is 0 Å². The molecule has 0 N–H and O–H groups in total. The third-order valence-electron chi connectivity index (χ3n) is 6.85. The standard InChI is InChI=1S/C33H30N2O2/c1-3-32(2,24-36-31-20-19-26(22-34)27(21-31)23-35)25-37-33(28-13-7-4-8-14-28,29-15-9-5-10-16-29)30-17-11-6-12-18-30/h4-21H,3,24-25H2,1-2H3. The Balaban J connectivity index is 1.68. The first-order valence-corrected chi connectivity index (χ1v) is 12.4. The summed E-state index contributed by atoms with van der Waals surface area (Å²) in [5.41, 5.74) is 2.69. The Morgan fingerprint density at radius 3 is 1.57 bits per heavy atom. The second kappa shape index (κ2) is 11.6. The molecule has 1 atom stereocenters. The molecule has 1 unspecified atom stereocenters. The van der Waals surface area contributed by atoms with Gasteiger partial charge in [-0.05, 0) is 41.3 Å². The molecule has 0 spiro atoms. The zero-order chi connectivity index (χ0) is 26.1. The van der Waals surface area contributed by atoms with Crippen LogP contribution in [0.4, 0.5) is 0 Å². The Labute approximate surface area is 219 Å². The zero-order valence-corrected chi connectivity index (χ0v) is 21.2. The fraction of sp³-hybridized carbons (Fsp3) is 0.212. The summed E-state index contributed by atoms with van der Waals surface area (Å²) in [6.07, 6.45) is 0.822. The van der Waals surface area contributed by atoms with Gasteiger partial charge in [-0.1, -0.05) is 105 Å². The first-order chi connectivity index (χ1) is 18.0. The topological polar surface area (TPSA) is 66.0 Å². The highest BCUT2D eigenvalue weighted by molar-refractivity contribution is 5.49. The molecule has 4 aromatic carbocycles. The molecule has 0 saturated heterocycles. The molecular formula is C33H30N2O2. The second-order valence-corrected chi connectivity index (χ2v) is 9.45. The molecule has 0 radical (unpaired) electrons. The van der Waals surface area contributed by atoms with E-state index in [1.165, 1.54) is 0 Å². The molecular weight excluding hydrogens is 456 g/mol. The first kappa shape index (κ1) is 25.7. The SMILES string of the molecule is CCC(C)(COc1ccc(C#N)c(C#N)c1)COC(c1ccccc1)(c1ccccc1)c1ccccc1. The Kier molecular flexibility index (Phi) is 8.04. The van der Waals surface area contributed by atoms with E-state index in [4.69, 9.17) is 9.47 Å². The van der Waals surface area contributed by atoms with E-state index in [2.05, 4.69) is 56.3 Å². The Bertz CT molecular complexity index is 1290. The van der Waals surface area contributed by atoms with Crippen LogP contribution in [0.3, 0.4) is 0 Å². The van der Waals surface area contributed by atoms with Gasteiger partial charge in [0, 0.05) is 5.41 Å². The fourth-order valence-corrected chi connectivity index (χ4v) is 4.36. The van der Waals surface area contributed by atoms with Gasteiger partial charge < -0.3 is 9.47 Å². The van der Waals surface area contributed by atoms with E-state index in [0.717, 1.165) is 23.1 Å². The van der Waals surface area contributed by atoms with E-state index in [1.807, 2.05) is 60.7 Å². The highest BCUT2D eigenvalue weighted by Gasteiger charge is 2.39. The Morgan fingerprint density at radius 1 is 0.649 bits per heavy atom. The second-order valence-electron chi connectivity index (χ2n) is 9.45. The summed E-state index contributed by atoms with van der Waals surface area (Å²) in [5.74, 6) is 0.565. The van der Waals surface area contributed by atoms with Gasteiger partial charge in [0.25, 0.3) is 0 Å². The first-order valence-electron chi connectivity index (χ1n) is 12.4. The van der Waals surface area contributed by atoms with Crippen molar-refractivity contribution in [3.8, 4) is 17.9 Å². The molecule has 0 aliphatic rings. The smallest absolute Gasteiger partial charge is 0.143 e. The van der Waals surface area contributed by atoms with Crippen molar-refractivity contribution in [3.05, 3.63) is 137 Å². The largest absolute Gasteiger partial charge is 0.493 e. The minimum absolute atomic E-state index is 0.311. The number of hydrogen-bond acceptors (Lipinski definition) is 4. The van der Waals surface area contributed by atoms with Crippen LogP contribution in [0.15, 0.2) is 109 Å². The fourth-order valence-electron chi connectivity index (χ4n) is 4.36. The lowest BCUT2D eigenvalue weighted by atomic mass is 9.79. The lowest BCUT2D eigenvalue weighted by molar-refractivity contribution is -0.0501. The summed E-state index contributed by atoms with van der Waals surface area (Å²) >= 11 is 0. The predicted octanol–water partition coefficient (Wildman–Crippen LogP) is 7.23. The predicted molar refractivity (Wildman–Crippen MR) is 145 cm³/mol. The average molecular weight is 487 g/mol. The third kappa shape index (κ3) is 5.56. The van der Waals surface area contributed by atoms with Crippen LogP contribution in [-0.2, 0) is 10.3 Å². The van der Waals surface area contributed by atoms with Crippen LogP contribution in [0.5, 0.6) is 5.75 Å². The summed E-state index contributed by atoms with van der Waals surface area (Å²) < 4.78 is 13.2. The van der Waals surface area contributed by atoms with Crippen LogP contribution in [0, 0.1) is 28.1 Å². The van der Waals surface area contributed by atoms with Crippen LogP contribution in [0.2, 0.25) is 0 Å². The number of nitriles is 2. The molecule has 0 bridgehead atoms. The highest BCUT2D eigenvalue weighted by Crippen LogP contribution is 2.42. The van der Waals surface area contributed by atoms with Gasteiger partial charge in [-0.25, -0.2) is 0 Å². The summed E-state index contributed by atoms with van der Waals surface area (Å²) in [6, 6.07) is 40.1. The number of ether oxygens (including phenoxy) is 2. The molecule has 4 aromatic rings. The van der Waals surface area contributed by atoms with Gasteiger partial charge in [0.05, 0.1) is 24.3 Å². The van der Waals surface area contributed by atoms with Gasteiger partial charge in [-0.2, -0.15) is 10.5 Å². The van der Waals surface area contributed by atoms with Crippen molar-refractivity contribution in [3.63, 3.8) is 0 Å². The highest BCUT2D eigenvalue weighted by atomic mass is 16.5. The lowest BCUT2D eigenvalue weighted by Crippen LogP contribution is -2.39. The molecule has 0 aliphatic heterocycles. The molecule has 184 valence electrons. The maximum atomic E-state index is 9.37. The van der Waals surface area contributed by atoms with E-state index in [-0.39, 0.29) is 5.41 Å². The van der Waals surface area contributed by atoms with Crippen LogP contribution >= 0.6 is 0 Å². The van der Waals surface area contributed by atoms with Gasteiger partial charge in [0.2, 0.25) is 0 Å². The van der Waals surface area contributed by atoms with Crippen LogP contribution < -0.4 is 4.74 Å². The monoisotopic (exact) mass is 486 g/mol. The van der Waals surface area contributed by atoms with E-state index in [1.54, 1.807) is 18.2 Å². The van der Waals surface area contributed by atoms with Crippen molar-refractivity contribution in [1.82, 2.24) is 0 Å². The van der Waals surface area contributed by atoms with E-state index < -0.39 is 5.60 Å². The molecule has 0 aromatic heterocycles. The molecule has 0 amide bonds. The normalized spacial score (nSPS) is 12.6. The summed E-state index contributed by atoms with van der Waals surface area (Å²) in [5, 5.41) is 18.6. The molecule has 0 saturated carbocycles. The molecule has 4 nitrogen and oxygen atoms in total. The lowest BCUT2D eigenvalue weighted by Gasteiger charge is -2.39. The molecule has 0 aliphatic carbocycles. The molecule has 0 fully saturated rings. The maximum absolute atomic E-state index is 9.37. The van der Waals surface area contributed by atoms with Crippen molar-refractivity contribution < 1.29 is 9.47 Å². The number of hydrogen-bond donors (Lipinski definition) is 0. The minimum Gasteiger partial charge on any atom is -0.493 e. The average Bonchev–Trinajstić information content (AvgIpc) is 2.98. The van der Waals surface area contributed by atoms with Gasteiger partial charge in [0.1, 0.15) is 23.5 Å². The van der Waals surface area contributed by atoms with Crippen LogP contribution in [0.1, 0.15) is 48.1 Å². The van der Waals surface area contributed by atoms with Crippen molar-refractivity contribution in [2.75, 3.05) is 13.2 Å².